The molecule has 2 N–H and O–H groups in total. The third-order valence-corrected chi connectivity index (χ3v) is 4.25. The zero-order valence-electron chi connectivity index (χ0n) is 12.6. The van der Waals surface area contributed by atoms with E-state index in [1.807, 2.05) is 0 Å². The Balaban J connectivity index is 2.44. The van der Waals surface area contributed by atoms with E-state index in [1.165, 1.54) is 12.1 Å². The number of nitrogens with zero attached hydrogens (tertiary/aromatic N) is 2. The van der Waals surface area contributed by atoms with Crippen LogP contribution in [-0.2, 0) is 0 Å². The second-order valence-corrected chi connectivity index (χ2v) is 5.62. The first-order valence-electron chi connectivity index (χ1n) is 7.46. The quantitative estimate of drug-likeness (QED) is 0.643. The first kappa shape index (κ1) is 15.7. The van der Waals surface area contributed by atoms with Crippen LogP contribution in [0.3, 0.4) is 0 Å². The van der Waals surface area contributed by atoms with Gasteiger partial charge in [-0.2, -0.15) is 0 Å². The SMILES string of the molecule is CCC(C)[C@@H](c1cc(O)ccc1[N+](=O)[O-])N1CCNCC1. The molecule has 1 saturated heterocycles. The minimum absolute atomic E-state index is 0.0374. The minimum atomic E-state index is -0.355. The Labute approximate surface area is 124 Å². The van der Waals surface area contributed by atoms with Crippen molar-refractivity contribution in [3.05, 3.63) is 33.9 Å². The lowest BCUT2D eigenvalue weighted by Gasteiger charge is -2.38. The molecule has 1 aromatic carbocycles. The van der Waals surface area contributed by atoms with Gasteiger partial charge >= 0.3 is 0 Å². The predicted molar refractivity (Wildman–Crippen MR) is 81.4 cm³/mol. The zero-order chi connectivity index (χ0) is 15.4. The van der Waals surface area contributed by atoms with Crippen molar-refractivity contribution in [2.45, 2.75) is 26.3 Å². The minimum Gasteiger partial charge on any atom is -0.508 e. The normalized spacial score (nSPS) is 19.1. The van der Waals surface area contributed by atoms with Crippen molar-refractivity contribution < 1.29 is 10.0 Å². The van der Waals surface area contributed by atoms with Crippen LogP contribution in [0.2, 0.25) is 0 Å². The number of rotatable bonds is 5. The lowest BCUT2D eigenvalue weighted by atomic mass is 9.89. The summed E-state index contributed by atoms with van der Waals surface area (Å²) < 4.78 is 0. The zero-order valence-corrected chi connectivity index (χ0v) is 12.6. The van der Waals surface area contributed by atoms with E-state index >= 15 is 0 Å². The van der Waals surface area contributed by atoms with Crippen molar-refractivity contribution >= 4 is 5.69 Å². The molecular formula is C15H23N3O3. The number of aromatic hydroxyl groups is 1. The molecule has 1 aliphatic heterocycles. The Morgan fingerprint density at radius 1 is 1.43 bits per heavy atom. The molecule has 1 unspecified atom stereocenters. The molecular weight excluding hydrogens is 270 g/mol. The van der Waals surface area contributed by atoms with Gasteiger partial charge in [0.2, 0.25) is 0 Å². The van der Waals surface area contributed by atoms with Crippen LogP contribution in [0, 0.1) is 16.0 Å². The van der Waals surface area contributed by atoms with E-state index in [1.54, 1.807) is 6.07 Å². The molecule has 1 aliphatic rings. The maximum atomic E-state index is 11.3. The number of phenols is 1. The Morgan fingerprint density at radius 2 is 2.10 bits per heavy atom. The first-order valence-corrected chi connectivity index (χ1v) is 7.46. The summed E-state index contributed by atoms with van der Waals surface area (Å²) in [7, 11) is 0. The monoisotopic (exact) mass is 293 g/mol. The number of hydrogen-bond donors (Lipinski definition) is 2. The van der Waals surface area contributed by atoms with Gasteiger partial charge in [-0.25, -0.2) is 0 Å². The molecule has 116 valence electrons. The topological polar surface area (TPSA) is 78.6 Å². The van der Waals surface area contributed by atoms with Crippen LogP contribution in [0.4, 0.5) is 5.69 Å². The van der Waals surface area contributed by atoms with Crippen molar-refractivity contribution in [3.63, 3.8) is 0 Å². The van der Waals surface area contributed by atoms with Gasteiger partial charge in [0, 0.05) is 38.3 Å². The van der Waals surface area contributed by atoms with Gasteiger partial charge in [-0.05, 0) is 18.1 Å². The van der Waals surface area contributed by atoms with Gasteiger partial charge in [0.15, 0.2) is 0 Å². The molecule has 0 amide bonds. The highest BCUT2D eigenvalue weighted by molar-refractivity contribution is 5.47. The highest BCUT2D eigenvalue weighted by Crippen LogP contribution is 2.38. The Kier molecular flexibility index (Phi) is 5.14. The van der Waals surface area contributed by atoms with Crippen LogP contribution in [-0.4, -0.2) is 41.1 Å². The first-order chi connectivity index (χ1) is 10.0. The molecule has 0 radical (unpaired) electrons. The van der Waals surface area contributed by atoms with E-state index in [2.05, 4.69) is 24.1 Å². The smallest absolute Gasteiger partial charge is 0.274 e. The molecule has 2 rings (SSSR count). The lowest BCUT2D eigenvalue weighted by Crippen LogP contribution is -2.46. The Hall–Kier alpha value is -1.66. The van der Waals surface area contributed by atoms with E-state index in [9.17, 15) is 15.2 Å². The molecule has 1 heterocycles. The van der Waals surface area contributed by atoms with Gasteiger partial charge in [0.05, 0.1) is 10.5 Å². The Bertz CT molecular complexity index is 501. The van der Waals surface area contributed by atoms with Crippen molar-refractivity contribution in [3.8, 4) is 5.75 Å². The predicted octanol–water partition coefficient (Wildman–Crippen LogP) is 2.29. The summed E-state index contributed by atoms with van der Waals surface area (Å²) in [5.74, 6) is 0.364. The van der Waals surface area contributed by atoms with Crippen LogP contribution in [0.5, 0.6) is 5.75 Å². The largest absolute Gasteiger partial charge is 0.508 e. The molecule has 21 heavy (non-hydrogen) atoms. The van der Waals surface area contributed by atoms with Crippen LogP contribution in [0.25, 0.3) is 0 Å². The fourth-order valence-corrected chi connectivity index (χ4v) is 2.99. The van der Waals surface area contributed by atoms with E-state index in [4.69, 9.17) is 0 Å². The van der Waals surface area contributed by atoms with Gasteiger partial charge in [-0.1, -0.05) is 20.3 Å². The standard InChI is InChI=1S/C15H23N3O3/c1-3-11(2)15(17-8-6-16-7-9-17)13-10-12(19)4-5-14(13)18(20)21/h4-5,10-11,15-16,19H,3,6-9H2,1-2H3/t11?,15-/m0/s1. The molecule has 0 spiro atoms. The third kappa shape index (κ3) is 3.51. The average Bonchev–Trinajstić information content (AvgIpc) is 2.48. The Morgan fingerprint density at radius 3 is 2.67 bits per heavy atom. The molecule has 1 aromatic rings. The number of nitro benzene ring substituents is 1. The number of benzene rings is 1. The highest BCUT2D eigenvalue weighted by atomic mass is 16.6. The second kappa shape index (κ2) is 6.87. The highest BCUT2D eigenvalue weighted by Gasteiger charge is 2.31. The lowest BCUT2D eigenvalue weighted by molar-refractivity contribution is -0.386. The molecule has 6 nitrogen and oxygen atoms in total. The molecule has 0 bridgehead atoms. The van der Waals surface area contributed by atoms with Crippen LogP contribution < -0.4 is 5.32 Å². The maximum Gasteiger partial charge on any atom is 0.274 e. The summed E-state index contributed by atoms with van der Waals surface area (Å²) in [6.45, 7) is 7.71. The molecule has 2 atom stereocenters. The summed E-state index contributed by atoms with van der Waals surface area (Å²) in [5.41, 5.74) is 0.716. The van der Waals surface area contributed by atoms with Gasteiger partial charge in [-0.15, -0.1) is 0 Å². The summed E-state index contributed by atoms with van der Waals surface area (Å²) in [6, 6.07) is 4.30. The molecule has 6 heteroatoms. The van der Waals surface area contributed by atoms with Crippen LogP contribution in [0.1, 0.15) is 31.9 Å². The summed E-state index contributed by atoms with van der Waals surface area (Å²) in [5, 5.41) is 24.4. The van der Waals surface area contributed by atoms with E-state index in [0.717, 1.165) is 32.6 Å². The summed E-state index contributed by atoms with van der Waals surface area (Å²) >= 11 is 0. The average molecular weight is 293 g/mol. The van der Waals surface area contributed by atoms with E-state index in [0.29, 0.717) is 5.56 Å². The number of piperazine rings is 1. The fraction of sp³-hybridized carbons (Fsp3) is 0.600. The van der Waals surface area contributed by atoms with Gasteiger partial charge in [-0.3, -0.25) is 15.0 Å². The molecule has 0 saturated carbocycles. The third-order valence-electron chi connectivity index (χ3n) is 4.25. The number of phenolic OH excluding ortho intramolecular Hbond substituents is 1. The van der Waals surface area contributed by atoms with E-state index < -0.39 is 0 Å². The van der Waals surface area contributed by atoms with Gasteiger partial charge in [0.1, 0.15) is 5.75 Å². The van der Waals surface area contributed by atoms with Crippen molar-refractivity contribution in [1.29, 1.82) is 0 Å². The molecule has 0 aromatic heterocycles. The van der Waals surface area contributed by atoms with Crippen LogP contribution in [0.15, 0.2) is 18.2 Å². The number of nitrogens with one attached hydrogen (secondary N) is 1. The second-order valence-electron chi connectivity index (χ2n) is 5.62. The summed E-state index contributed by atoms with van der Waals surface area (Å²) in [4.78, 5) is 13.3. The molecule has 0 aliphatic carbocycles. The fourth-order valence-electron chi connectivity index (χ4n) is 2.99. The number of hydrogen-bond acceptors (Lipinski definition) is 5. The summed E-state index contributed by atoms with van der Waals surface area (Å²) in [6.07, 6.45) is 0.932. The van der Waals surface area contributed by atoms with Gasteiger partial charge < -0.3 is 10.4 Å². The molecule has 1 fully saturated rings. The van der Waals surface area contributed by atoms with E-state index in [-0.39, 0.29) is 28.3 Å². The van der Waals surface area contributed by atoms with Crippen molar-refractivity contribution in [2.24, 2.45) is 5.92 Å². The van der Waals surface area contributed by atoms with Crippen molar-refractivity contribution in [2.75, 3.05) is 26.2 Å². The van der Waals surface area contributed by atoms with Crippen LogP contribution >= 0.6 is 0 Å². The van der Waals surface area contributed by atoms with Gasteiger partial charge in [0.25, 0.3) is 5.69 Å². The van der Waals surface area contributed by atoms with Crippen molar-refractivity contribution in [1.82, 2.24) is 10.2 Å². The number of nitro groups is 1. The maximum absolute atomic E-state index is 11.3.